The first-order valence-electron chi connectivity index (χ1n) is 14.8. The van der Waals surface area contributed by atoms with Crippen LogP contribution in [0, 0.1) is 5.92 Å². The summed E-state index contributed by atoms with van der Waals surface area (Å²) < 4.78 is 78.9. The number of aliphatic hydroxyl groups is 1. The molecule has 2 N–H and O–H groups in total. The third kappa shape index (κ3) is 10.9. The molecule has 0 saturated heterocycles. The highest BCUT2D eigenvalue weighted by Gasteiger charge is 2.32. The largest absolute Gasteiger partial charge is 0.490 e. The van der Waals surface area contributed by atoms with E-state index in [2.05, 4.69) is 4.72 Å². The number of alkyl halides is 3. The number of carbonyl (C=O) groups excluding carboxylic acids is 2. The number of carbonyl (C=O) groups is 2. The number of nitrogens with zero attached hydrogens (tertiary/aromatic N) is 2. The SMILES string of the molecule is C[C@H]1CCCCO[C@H](CN(C)C(=O)CCC(F)(F)F)[C@@H](C)CN([C@@H](C)CO)C(=O)c2cc(NS(=O)(=O)c3cccs3)ccc2O1. The van der Waals surface area contributed by atoms with Crippen LogP contribution in [0.4, 0.5) is 18.9 Å². The van der Waals surface area contributed by atoms with Gasteiger partial charge in [0, 0.05) is 44.8 Å². The van der Waals surface area contributed by atoms with Crippen molar-refractivity contribution < 1.29 is 45.8 Å². The van der Waals surface area contributed by atoms with E-state index in [9.17, 15) is 36.3 Å². The minimum absolute atomic E-state index is 0.0120. The molecule has 0 radical (unpaired) electrons. The summed E-state index contributed by atoms with van der Waals surface area (Å²) in [5.41, 5.74) is 0.243. The van der Waals surface area contributed by atoms with Gasteiger partial charge in [0.2, 0.25) is 5.91 Å². The average Bonchev–Trinajstić information content (AvgIpc) is 3.53. The summed E-state index contributed by atoms with van der Waals surface area (Å²) in [6.45, 7) is 5.35. The van der Waals surface area contributed by atoms with Crippen molar-refractivity contribution in [3.05, 3.63) is 41.3 Å². The number of fused-ring (bicyclic) bond motifs is 1. The normalized spacial score (nSPS) is 21.3. The number of hydrogen-bond donors (Lipinski definition) is 2. The summed E-state index contributed by atoms with van der Waals surface area (Å²) in [5.74, 6) is -1.34. The van der Waals surface area contributed by atoms with E-state index in [0.29, 0.717) is 19.4 Å². The van der Waals surface area contributed by atoms with Crippen molar-refractivity contribution in [2.24, 2.45) is 5.92 Å². The summed E-state index contributed by atoms with van der Waals surface area (Å²) in [6, 6.07) is 6.88. The lowest BCUT2D eigenvalue weighted by atomic mass is 10.0. The zero-order chi connectivity index (χ0) is 33.4. The monoisotopic (exact) mass is 677 g/mol. The molecule has 1 aromatic heterocycles. The van der Waals surface area contributed by atoms with Crippen LogP contribution in [0.2, 0.25) is 0 Å². The van der Waals surface area contributed by atoms with E-state index >= 15 is 0 Å². The maximum absolute atomic E-state index is 14.2. The molecule has 0 saturated carbocycles. The van der Waals surface area contributed by atoms with E-state index in [1.165, 1.54) is 35.0 Å². The van der Waals surface area contributed by atoms with Crippen LogP contribution >= 0.6 is 11.3 Å². The Morgan fingerprint density at radius 1 is 1.24 bits per heavy atom. The Morgan fingerprint density at radius 2 is 1.98 bits per heavy atom. The number of sulfonamides is 1. The zero-order valence-electron chi connectivity index (χ0n) is 25.9. The van der Waals surface area contributed by atoms with Gasteiger partial charge < -0.3 is 24.4 Å². The molecule has 1 aliphatic heterocycles. The Labute approximate surface area is 266 Å². The van der Waals surface area contributed by atoms with Crippen LogP contribution in [0.5, 0.6) is 5.75 Å². The standard InChI is InChI=1S/C30H42F3N3O7S2/c1-20-17-36(21(2)19-37)29(39)24-16-23(34-45(40,41)28-9-7-15-44-28)10-11-25(24)43-22(3)8-5-6-14-42-26(20)18-35(4)27(38)12-13-30(31,32)33/h7,9-11,15-16,20-22,26,34,37H,5-6,8,12-14,17-19H2,1-4H3/t20-,21-,22-,26+/m0/s1. The van der Waals surface area contributed by atoms with E-state index < -0.39 is 58.9 Å². The van der Waals surface area contributed by atoms with Gasteiger partial charge in [0.05, 0.1) is 36.8 Å². The molecule has 2 aromatic rings. The minimum atomic E-state index is -4.45. The lowest BCUT2D eigenvalue weighted by molar-refractivity contribution is -0.149. The highest BCUT2D eigenvalue weighted by Crippen LogP contribution is 2.30. The molecule has 1 aromatic carbocycles. The first-order chi connectivity index (χ1) is 21.1. The van der Waals surface area contributed by atoms with Gasteiger partial charge in [0.1, 0.15) is 9.96 Å². The Bertz CT molecular complexity index is 1370. The second-order valence-corrected chi connectivity index (χ2v) is 14.3. The van der Waals surface area contributed by atoms with Crippen molar-refractivity contribution >= 4 is 38.9 Å². The molecule has 15 heteroatoms. The lowest BCUT2D eigenvalue weighted by Gasteiger charge is -2.36. The molecular weight excluding hydrogens is 635 g/mol. The van der Waals surface area contributed by atoms with Crippen LogP contribution in [0.1, 0.15) is 63.2 Å². The first-order valence-corrected chi connectivity index (χ1v) is 17.2. The zero-order valence-corrected chi connectivity index (χ0v) is 27.5. The summed E-state index contributed by atoms with van der Waals surface area (Å²) in [7, 11) is -2.48. The van der Waals surface area contributed by atoms with Crippen molar-refractivity contribution in [3.8, 4) is 5.75 Å². The van der Waals surface area contributed by atoms with Crippen LogP contribution in [0.15, 0.2) is 39.9 Å². The van der Waals surface area contributed by atoms with Crippen LogP contribution in [-0.2, 0) is 19.6 Å². The molecule has 0 unspecified atom stereocenters. The molecule has 0 aliphatic carbocycles. The van der Waals surface area contributed by atoms with E-state index in [-0.39, 0.29) is 47.0 Å². The Morgan fingerprint density at radius 3 is 2.62 bits per heavy atom. The fourth-order valence-electron chi connectivity index (χ4n) is 4.88. The van der Waals surface area contributed by atoms with Gasteiger partial charge in [-0.1, -0.05) is 13.0 Å². The van der Waals surface area contributed by atoms with Crippen LogP contribution in [0.25, 0.3) is 0 Å². The number of benzene rings is 1. The quantitative estimate of drug-likeness (QED) is 0.377. The molecule has 1 aliphatic rings. The molecule has 0 spiro atoms. The van der Waals surface area contributed by atoms with E-state index in [4.69, 9.17) is 9.47 Å². The second kappa shape index (κ2) is 16.1. The van der Waals surface area contributed by atoms with Gasteiger partial charge in [-0.15, -0.1) is 11.3 Å². The summed E-state index contributed by atoms with van der Waals surface area (Å²) >= 11 is 1.05. The van der Waals surface area contributed by atoms with Gasteiger partial charge in [-0.25, -0.2) is 8.42 Å². The predicted octanol–water partition coefficient (Wildman–Crippen LogP) is 5.15. The first kappa shape index (κ1) is 36.6. The number of likely N-dealkylation sites (N-methyl/N-ethyl adjacent to an activating group) is 1. The topological polar surface area (TPSA) is 125 Å². The van der Waals surface area contributed by atoms with Crippen molar-refractivity contribution in [1.82, 2.24) is 9.80 Å². The highest BCUT2D eigenvalue weighted by molar-refractivity contribution is 7.94. The van der Waals surface area contributed by atoms with E-state index in [0.717, 1.165) is 17.8 Å². The number of ether oxygens (including phenoxy) is 2. The maximum atomic E-state index is 14.2. The smallest absolute Gasteiger partial charge is 0.389 e. The van der Waals surface area contributed by atoms with Crippen molar-refractivity contribution in [1.29, 1.82) is 0 Å². The number of aliphatic hydroxyl groups excluding tert-OH is 1. The Kier molecular flexibility index (Phi) is 13.1. The Hall–Kier alpha value is -2.88. The van der Waals surface area contributed by atoms with Gasteiger partial charge in [-0.05, 0) is 62.8 Å². The molecule has 10 nitrogen and oxygen atoms in total. The van der Waals surface area contributed by atoms with Crippen molar-refractivity contribution in [3.63, 3.8) is 0 Å². The summed E-state index contributed by atoms with van der Waals surface area (Å²) in [5, 5.41) is 11.7. The van der Waals surface area contributed by atoms with Gasteiger partial charge in [0.25, 0.3) is 15.9 Å². The van der Waals surface area contributed by atoms with Crippen LogP contribution in [0.3, 0.4) is 0 Å². The van der Waals surface area contributed by atoms with Gasteiger partial charge in [-0.3, -0.25) is 14.3 Å². The molecule has 0 fully saturated rings. The average molecular weight is 678 g/mol. The van der Waals surface area contributed by atoms with Crippen LogP contribution in [-0.4, -0.2) is 92.9 Å². The number of hydrogen-bond acceptors (Lipinski definition) is 8. The molecule has 0 bridgehead atoms. The third-order valence-corrected chi connectivity index (χ3v) is 10.3. The number of halogens is 3. The van der Waals surface area contributed by atoms with Gasteiger partial charge in [0.15, 0.2) is 0 Å². The molecular formula is C30H42F3N3O7S2. The Balaban J connectivity index is 1.94. The van der Waals surface area contributed by atoms with Gasteiger partial charge >= 0.3 is 6.18 Å². The van der Waals surface area contributed by atoms with Crippen molar-refractivity contribution in [2.75, 3.05) is 38.1 Å². The van der Waals surface area contributed by atoms with Gasteiger partial charge in [-0.2, -0.15) is 13.2 Å². The second-order valence-electron chi connectivity index (χ2n) is 11.4. The summed E-state index contributed by atoms with van der Waals surface area (Å²) in [6.07, 6.45) is -5.27. The number of thiophene rings is 1. The highest BCUT2D eigenvalue weighted by atomic mass is 32.2. The minimum Gasteiger partial charge on any atom is -0.490 e. The maximum Gasteiger partial charge on any atom is 0.389 e. The molecule has 2 amide bonds. The molecule has 45 heavy (non-hydrogen) atoms. The molecule has 3 rings (SSSR count). The number of amides is 2. The number of nitrogens with one attached hydrogen (secondary N) is 1. The summed E-state index contributed by atoms with van der Waals surface area (Å²) in [4.78, 5) is 29.3. The number of anilines is 1. The third-order valence-electron chi connectivity index (χ3n) is 7.57. The van der Waals surface area contributed by atoms with Crippen molar-refractivity contribution in [2.45, 2.75) is 81.5 Å². The lowest BCUT2D eigenvalue weighted by Crippen LogP contribution is -2.48. The van der Waals surface area contributed by atoms with E-state index in [1.807, 2.05) is 6.92 Å². The molecule has 252 valence electrons. The fraction of sp³-hybridized carbons (Fsp3) is 0.600. The predicted molar refractivity (Wildman–Crippen MR) is 165 cm³/mol. The van der Waals surface area contributed by atoms with E-state index in [1.54, 1.807) is 31.4 Å². The fourth-order valence-corrected chi connectivity index (χ4v) is 6.92. The van der Waals surface area contributed by atoms with Crippen LogP contribution < -0.4 is 9.46 Å². The molecule has 4 atom stereocenters. The molecule has 2 heterocycles. The number of rotatable bonds is 9.